The van der Waals surface area contributed by atoms with Gasteiger partial charge >= 0.3 is 11.9 Å². The summed E-state index contributed by atoms with van der Waals surface area (Å²) < 4.78 is 9.77. The Balaban J connectivity index is 2.77. The molecule has 1 aromatic carbocycles. The quantitative estimate of drug-likeness (QED) is 0.417. The van der Waals surface area contributed by atoms with Crippen LogP contribution in [-0.2, 0) is 19.1 Å². The summed E-state index contributed by atoms with van der Waals surface area (Å²) in [5.41, 5.74) is 0.804. The minimum Gasteiger partial charge on any atom is -0.464 e. The molecule has 1 aromatic rings. The Bertz CT molecular complexity index is 581. The van der Waals surface area contributed by atoms with Crippen molar-refractivity contribution in [1.82, 2.24) is 0 Å². The molecule has 1 rings (SSSR count). The van der Waals surface area contributed by atoms with E-state index in [1.54, 1.807) is 31.2 Å². The van der Waals surface area contributed by atoms with Gasteiger partial charge in [0.25, 0.3) is 0 Å². The Morgan fingerprint density at radius 3 is 2.26 bits per heavy atom. The average Bonchev–Trinajstić information content (AvgIpc) is 2.53. The third kappa shape index (κ3) is 5.98. The first-order chi connectivity index (χ1) is 11.0. The number of carbonyl (C=O) groups excluding carboxylic acids is 3. The van der Waals surface area contributed by atoms with E-state index in [9.17, 15) is 14.4 Å². The van der Waals surface area contributed by atoms with Crippen LogP contribution in [-0.4, -0.2) is 37.0 Å². The summed E-state index contributed by atoms with van der Waals surface area (Å²) in [5.74, 6) is -1.60. The zero-order valence-corrected chi connectivity index (χ0v) is 13.4. The van der Waals surface area contributed by atoms with Gasteiger partial charge in [0.05, 0.1) is 24.5 Å². The number of hydrogen-bond donors (Lipinski definition) is 0. The van der Waals surface area contributed by atoms with Crippen LogP contribution in [0.2, 0.25) is 0 Å². The second-order valence-corrected chi connectivity index (χ2v) is 4.66. The summed E-state index contributed by atoms with van der Waals surface area (Å²) in [6, 6.07) is 4.91. The number of nitrogens with zero attached hydrogens (tertiary/aromatic N) is 2. The molecule has 0 radical (unpaired) electrons. The summed E-state index contributed by atoms with van der Waals surface area (Å²) in [5, 5.41) is 7.57. The highest BCUT2D eigenvalue weighted by Crippen LogP contribution is 2.15. The molecule has 0 aromatic heterocycles. The number of azo groups is 1. The lowest BCUT2D eigenvalue weighted by atomic mass is 10.2. The number of ketones is 1. The van der Waals surface area contributed by atoms with E-state index in [1.165, 1.54) is 6.92 Å². The second kappa shape index (κ2) is 9.45. The van der Waals surface area contributed by atoms with Crippen LogP contribution in [0.1, 0.15) is 37.6 Å². The molecule has 0 fully saturated rings. The van der Waals surface area contributed by atoms with Gasteiger partial charge in [0.15, 0.2) is 5.78 Å². The van der Waals surface area contributed by atoms with E-state index < -0.39 is 23.8 Å². The number of benzene rings is 1. The van der Waals surface area contributed by atoms with Crippen molar-refractivity contribution in [2.24, 2.45) is 10.2 Å². The minimum absolute atomic E-state index is 0.159. The molecule has 1 unspecified atom stereocenters. The van der Waals surface area contributed by atoms with Crippen LogP contribution in [0.3, 0.4) is 0 Å². The molecule has 0 aliphatic rings. The van der Waals surface area contributed by atoms with Crippen molar-refractivity contribution in [1.29, 1.82) is 0 Å². The van der Waals surface area contributed by atoms with Crippen LogP contribution in [0, 0.1) is 0 Å². The maximum atomic E-state index is 11.6. The fraction of sp³-hybridized carbons (Fsp3) is 0.438. The number of esters is 2. The molecule has 7 heteroatoms. The maximum Gasteiger partial charge on any atom is 0.340 e. The maximum absolute atomic E-state index is 11.6. The van der Waals surface area contributed by atoms with Gasteiger partial charge in [-0.25, -0.2) is 9.59 Å². The monoisotopic (exact) mass is 320 g/mol. The van der Waals surface area contributed by atoms with Crippen molar-refractivity contribution in [2.75, 3.05) is 13.2 Å². The van der Waals surface area contributed by atoms with Crippen molar-refractivity contribution in [2.45, 2.75) is 33.2 Å². The largest absolute Gasteiger partial charge is 0.464 e. The van der Waals surface area contributed by atoms with Crippen LogP contribution in [0.4, 0.5) is 5.69 Å². The van der Waals surface area contributed by atoms with Gasteiger partial charge in [-0.15, -0.1) is 0 Å². The molecule has 0 saturated heterocycles. The first-order valence-electron chi connectivity index (χ1n) is 7.34. The second-order valence-electron chi connectivity index (χ2n) is 4.66. The fourth-order valence-corrected chi connectivity index (χ4v) is 1.58. The Morgan fingerprint density at radius 1 is 1.09 bits per heavy atom. The van der Waals surface area contributed by atoms with Crippen LogP contribution in [0.5, 0.6) is 0 Å². The Labute approximate surface area is 134 Å². The van der Waals surface area contributed by atoms with Gasteiger partial charge in [0.1, 0.15) is 0 Å². The van der Waals surface area contributed by atoms with Gasteiger partial charge in [-0.3, -0.25) is 4.79 Å². The summed E-state index contributed by atoms with van der Waals surface area (Å²) in [6.45, 7) is 5.31. The molecule has 1 atom stereocenters. The van der Waals surface area contributed by atoms with Crippen molar-refractivity contribution >= 4 is 23.4 Å². The molecular weight excluding hydrogens is 300 g/mol. The summed E-state index contributed by atoms with van der Waals surface area (Å²) in [7, 11) is 0. The van der Waals surface area contributed by atoms with Crippen LogP contribution in [0.15, 0.2) is 34.5 Å². The van der Waals surface area contributed by atoms with Crippen molar-refractivity contribution < 1.29 is 23.9 Å². The van der Waals surface area contributed by atoms with E-state index in [0.29, 0.717) is 17.9 Å². The third-order valence-corrected chi connectivity index (χ3v) is 2.72. The molecule has 0 N–H and O–H groups in total. The molecule has 0 aliphatic carbocycles. The highest BCUT2D eigenvalue weighted by Gasteiger charge is 2.24. The summed E-state index contributed by atoms with van der Waals surface area (Å²) in [6.07, 6.45) is 0.748. The van der Waals surface area contributed by atoms with Gasteiger partial charge in [0.2, 0.25) is 6.04 Å². The predicted molar refractivity (Wildman–Crippen MR) is 82.6 cm³/mol. The van der Waals surface area contributed by atoms with Gasteiger partial charge in [-0.05, 0) is 44.5 Å². The van der Waals surface area contributed by atoms with E-state index in [1.807, 2.05) is 6.92 Å². The van der Waals surface area contributed by atoms with E-state index >= 15 is 0 Å². The van der Waals surface area contributed by atoms with Gasteiger partial charge in [-0.2, -0.15) is 10.2 Å². The number of ether oxygens (including phenoxy) is 2. The number of hydrogen-bond acceptors (Lipinski definition) is 7. The molecule has 0 heterocycles. The molecule has 0 bridgehead atoms. The standard InChI is InChI=1S/C16H20N2O5/c1-4-10-23-15(20)12-6-8-13(9-7-12)17-18-14(11(3)19)16(21)22-5-2/h6-9,14H,4-5,10H2,1-3H3. The number of carbonyl (C=O) groups is 3. The van der Waals surface area contributed by atoms with Gasteiger partial charge < -0.3 is 9.47 Å². The lowest BCUT2D eigenvalue weighted by Gasteiger charge is -2.06. The molecule has 7 nitrogen and oxygen atoms in total. The highest BCUT2D eigenvalue weighted by atomic mass is 16.5. The summed E-state index contributed by atoms with van der Waals surface area (Å²) >= 11 is 0. The SMILES string of the molecule is CCCOC(=O)c1ccc(N=NC(C(C)=O)C(=O)OCC)cc1. The lowest BCUT2D eigenvalue weighted by molar-refractivity contribution is -0.147. The predicted octanol–water partition coefficient (Wildman–Crippen LogP) is 2.86. The number of rotatable bonds is 8. The van der Waals surface area contributed by atoms with Crippen LogP contribution >= 0.6 is 0 Å². The van der Waals surface area contributed by atoms with Crippen LogP contribution in [0.25, 0.3) is 0 Å². The van der Waals surface area contributed by atoms with Crippen molar-refractivity contribution in [3.8, 4) is 0 Å². The highest BCUT2D eigenvalue weighted by molar-refractivity contribution is 6.02. The molecule has 0 saturated carbocycles. The van der Waals surface area contributed by atoms with Gasteiger partial charge in [-0.1, -0.05) is 6.92 Å². The molecule has 23 heavy (non-hydrogen) atoms. The zero-order valence-electron chi connectivity index (χ0n) is 13.4. The van der Waals surface area contributed by atoms with E-state index in [4.69, 9.17) is 9.47 Å². The molecule has 124 valence electrons. The van der Waals surface area contributed by atoms with E-state index in [-0.39, 0.29) is 6.61 Å². The first-order valence-corrected chi connectivity index (χ1v) is 7.34. The van der Waals surface area contributed by atoms with Crippen LogP contribution < -0.4 is 0 Å². The Hall–Kier alpha value is -2.57. The van der Waals surface area contributed by atoms with Gasteiger partial charge in [0, 0.05) is 0 Å². The summed E-state index contributed by atoms with van der Waals surface area (Å²) in [4.78, 5) is 34.7. The smallest absolute Gasteiger partial charge is 0.340 e. The molecule has 0 aliphatic heterocycles. The Morgan fingerprint density at radius 2 is 1.74 bits per heavy atom. The fourth-order valence-electron chi connectivity index (χ4n) is 1.58. The lowest BCUT2D eigenvalue weighted by Crippen LogP contribution is -2.28. The molecular formula is C16H20N2O5. The zero-order chi connectivity index (χ0) is 17.2. The Kier molecular flexibility index (Phi) is 7.59. The van der Waals surface area contributed by atoms with Crippen molar-refractivity contribution in [3.05, 3.63) is 29.8 Å². The number of Topliss-reactive ketones (excluding diaryl/α,β-unsaturated/α-hetero) is 1. The minimum atomic E-state index is -1.27. The molecule has 0 spiro atoms. The average molecular weight is 320 g/mol. The topological polar surface area (TPSA) is 94.4 Å². The third-order valence-electron chi connectivity index (χ3n) is 2.72. The van der Waals surface area contributed by atoms with E-state index in [2.05, 4.69) is 10.2 Å². The normalized spacial score (nSPS) is 12.0. The molecule has 0 amide bonds. The first kappa shape index (κ1) is 18.5. The van der Waals surface area contributed by atoms with Crippen molar-refractivity contribution in [3.63, 3.8) is 0 Å². The van der Waals surface area contributed by atoms with E-state index in [0.717, 1.165) is 6.42 Å².